The highest BCUT2D eigenvalue weighted by atomic mass is 19.1. The first kappa shape index (κ1) is 24.0. The summed E-state index contributed by atoms with van der Waals surface area (Å²) in [6.45, 7) is 3.43. The maximum absolute atomic E-state index is 13.7. The molecule has 9 nitrogen and oxygen atoms in total. The largest absolute Gasteiger partial charge is 0.361 e. The summed E-state index contributed by atoms with van der Waals surface area (Å²) in [7, 11) is 0. The van der Waals surface area contributed by atoms with Gasteiger partial charge in [0.05, 0.1) is 22.5 Å². The van der Waals surface area contributed by atoms with Gasteiger partial charge in [-0.2, -0.15) is 5.10 Å². The van der Waals surface area contributed by atoms with Crippen LogP contribution in [0.1, 0.15) is 21.8 Å². The van der Waals surface area contributed by atoms with Gasteiger partial charge in [0.15, 0.2) is 0 Å². The fourth-order valence-corrected chi connectivity index (χ4v) is 4.45. The summed E-state index contributed by atoms with van der Waals surface area (Å²) in [6.07, 6.45) is 3.50. The van der Waals surface area contributed by atoms with Gasteiger partial charge in [-0.15, -0.1) is 0 Å². The third kappa shape index (κ3) is 4.71. The Bertz CT molecular complexity index is 1820. The van der Waals surface area contributed by atoms with Crippen molar-refractivity contribution < 1.29 is 13.7 Å². The van der Waals surface area contributed by atoms with Crippen LogP contribution >= 0.6 is 0 Å². The Balaban J connectivity index is 1.40. The lowest BCUT2D eigenvalue weighted by Crippen LogP contribution is -2.13. The number of aryl methyl sites for hydroxylation is 2. The van der Waals surface area contributed by atoms with Gasteiger partial charge in [-0.1, -0.05) is 29.4 Å². The second-order valence-electron chi connectivity index (χ2n) is 8.89. The highest BCUT2D eigenvalue weighted by Gasteiger charge is 2.20. The monoisotopic (exact) mass is 519 g/mol. The molecule has 6 rings (SSSR count). The van der Waals surface area contributed by atoms with Crippen LogP contribution in [0.15, 0.2) is 89.7 Å². The van der Waals surface area contributed by atoms with Crippen LogP contribution in [0.2, 0.25) is 0 Å². The number of benzene rings is 2. The normalized spacial score (nSPS) is 11.1. The van der Waals surface area contributed by atoms with Crippen molar-refractivity contribution in [1.82, 2.24) is 24.7 Å². The van der Waals surface area contributed by atoms with E-state index in [2.05, 4.69) is 20.8 Å². The van der Waals surface area contributed by atoms with Crippen molar-refractivity contribution >= 4 is 28.7 Å². The molecule has 2 N–H and O–H groups in total. The molecule has 1 amide bonds. The van der Waals surface area contributed by atoms with Gasteiger partial charge in [0.25, 0.3) is 5.91 Å². The third-order valence-electron chi connectivity index (χ3n) is 6.19. The van der Waals surface area contributed by atoms with E-state index in [1.165, 1.54) is 12.1 Å². The Hall–Kier alpha value is -5.38. The van der Waals surface area contributed by atoms with Crippen LogP contribution in [0.4, 0.5) is 21.7 Å². The molecular formula is C29H22FN7O2. The molecule has 2 aromatic carbocycles. The van der Waals surface area contributed by atoms with E-state index in [1.54, 1.807) is 48.8 Å². The second kappa shape index (κ2) is 9.82. The van der Waals surface area contributed by atoms with Gasteiger partial charge in [0.2, 0.25) is 5.95 Å². The molecule has 0 aliphatic carbocycles. The van der Waals surface area contributed by atoms with Gasteiger partial charge in [0.1, 0.15) is 22.8 Å². The number of nitrogens with zero attached hydrogens (tertiary/aromatic N) is 5. The lowest BCUT2D eigenvalue weighted by molar-refractivity contribution is 0.102. The van der Waals surface area contributed by atoms with E-state index in [9.17, 15) is 9.18 Å². The van der Waals surface area contributed by atoms with Crippen molar-refractivity contribution in [3.63, 3.8) is 0 Å². The van der Waals surface area contributed by atoms with Crippen LogP contribution in [0, 0.1) is 19.7 Å². The van der Waals surface area contributed by atoms with Crippen LogP contribution in [0.25, 0.3) is 28.0 Å². The summed E-state index contributed by atoms with van der Waals surface area (Å²) in [6, 6.07) is 21.1. The minimum atomic E-state index is -0.359. The van der Waals surface area contributed by atoms with E-state index in [-0.39, 0.29) is 11.7 Å². The van der Waals surface area contributed by atoms with E-state index >= 15 is 0 Å². The number of halogens is 1. The Morgan fingerprint density at radius 1 is 0.974 bits per heavy atom. The maximum Gasteiger partial charge on any atom is 0.261 e. The molecule has 4 aromatic heterocycles. The SMILES string of the molecule is Cc1noc(C)c1C(=O)Nc1cccc(-c2nn3ccccc3c2-c2ccnc(Nc3cccc(F)c3)n2)c1. The number of anilines is 3. The Morgan fingerprint density at radius 2 is 1.82 bits per heavy atom. The summed E-state index contributed by atoms with van der Waals surface area (Å²) in [5.74, 6) is 0.111. The zero-order valence-electron chi connectivity index (χ0n) is 21.0. The molecule has 6 aromatic rings. The van der Waals surface area contributed by atoms with E-state index < -0.39 is 0 Å². The standard InChI is InChI=1S/C29H22FN7O2/c1-17-25(18(2)39-36-17)28(38)32-21-9-5-7-19(15-21)27-26(24-11-3-4-14-37(24)35-27)23-12-13-31-29(34-23)33-22-10-6-8-20(30)16-22/h3-16H,1-2H3,(H,32,38)(H,31,33,34). The van der Waals surface area contributed by atoms with Crippen LogP contribution in [0.3, 0.4) is 0 Å². The molecule has 0 aliphatic rings. The van der Waals surface area contributed by atoms with Gasteiger partial charge in [0, 0.05) is 29.3 Å². The zero-order valence-corrected chi connectivity index (χ0v) is 21.0. The predicted molar refractivity (Wildman–Crippen MR) is 145 cm³/mol. The fraction of sp³-hybridized carbons (Fsp3) is 0.0690. The zero-order chi connectivity index (χ0) is 26.9. The molecule has 0 atom stereocenters. The number of carbonyl (C=O) groups is 1. The van der Waals surface area contributed by atoms with E-state index in [1.807, 2.05) is 42.6 Å². The molecule has 0 aliphatic heterocycles. The average molecular weight is 520 g/mol. The van der Waals surface area contributed by atoms with Crippen LogP contribution in [-0.2, 0) is 0 Å². The quantitative estimate of drug-likeness (QED) is 0.270. The topological polar surface area (TPSA) is 110 Å². The summed E-state index contributed by atoms with van der Waals surface area (Å²) >= 11 is 0. The predicted octanol–water partition coefficient (Wildman–Crippen LogP) is 6.20. The van der Waals surface area contributed by atoms with Gasteiger partial charge in [-0.05, 0) is 62.4 Å². The van der Waals surface area contributed by atoms with Gasteiger partial charge < -0.3 is 15.2 Å². The van der Waals surface area contributed by atoms with Crippen LogP contribution in [0.5, 0.6) is 0 Å². The molecule has 0 spiro atoms. The average Bonchev–Trinajstić information content (AvgIpc) is 3.48. The number of amides is 1. The second-order valence-corrected chi connectivity index (χ2v) is 8.89. The molecule has 4 heterocycles. The van der Waals surface area contributed by atoms with Crippen molar-refractivity contribution in [2.75, 3.05) is 10.6 Å². The van der Waals surface area contributed by atoms with Crippen molar-refractivity contribution in [1.29, 1.82) is 0 Å². The van der Waals surface area contributed by atoms with E-state index in [0.29, 0.717) is 45.7 Å². The number of rotatable bonds is 6. The van der Waals surface area contributed by atoms with Crippen LogP contribution < -0.4 is 10.6 Å². The Kier molecular flexibility index (Phi) is 6.04. The minimum Gasteiger partial charge on any atom is -0.361 e. The molecule has 39 heavy (non-hydrogen) atoms. The number of hydrogen-bond acceptors (Lipinski definition) is 7. The first-order valence-corrected chi connectivity index (χ1v) is 12.1. The molecule has 0 fully saturated rings. The lowest BCUT2D eigenvalue weighted by Gasteiger charge is -2.09. The fourth-order valence-electron chi connectivity index (χ4n) is 4.45. The molecule has 192 valence electrons. The lowest BCUT2D eigenvalue weighted by atomic mass is 10.0. The molecule has 10 heteroatoms. The summed E-state index contributed by atoms with van der Waals surface area (Å²) in [5.41, 5.74) is 5.77. The molecule has 0 radical (unpaired) electrons. The van der Waals surface area contributed by atoms with Crippen LogP contribution in [-0.4, -0.2) is 30.6 Å². The highest BCUT2D eigenvalue weighted by molar-refractivity contribution is 6.06. The number of fused-ring (bicyclic) bond motifs is 1. The summed E-state index contributed by atoms with van der Waals surface area (Å²) in [4.78, 5) is 21.9. The number of pyridine rings is 1. The smallest absolute Gasteiger partial charge is 0.261 e. The summed E-state index contributed by atoms with van der Waals surface area (Å²) in [5, 5.41) is 14.7. The highest BCUT2D eigenvalue weighted by Crippen LogP contribution is 2.35. The van der Waals surface area contributed by atoms with E-state index in [4.69, 9.17) is 14.6 Å². The number of carbonyl (C=O) groups excluding carboxylic acids is 1. The first-order chi connectivity index (χ1) is 19.0. The van der Waals surface area contributed by atoms with Gasteiger partial charge >= 0.3 is 0 Å². The molecule has 0 saturated heterocycles. The van der Waals surface area contributed by atoms with Crippen molar-refractivity contribution in [3.8, 4) is 22.5 Å². The minimum absolute atomic E-state index is 0.303. The molecule has 0 unspecified atom stereocenters. The Morgan fingerprint density at radius 3 is 2.64 bits per heavy atom. The molecular weight excluding hydrogens is 497 g/mol. The van der Waals surface area contributed by atoms with Gasteiger partial charge in [-0.3, -0.25) is 4.79 Å². The number of aromatic nitrogens is 5. The summed E-state index contributed by atoms with van der Waals surface area (Å²) < 4.78 is 20.6. The van der Waals surface area contributed by atoms with Gasteiger partial charge in [-0.25, -0.2) is 18.9 Å². The Labute approximate surface area is 222 Å². The first-order valence-electron chi connectivity index (χ1n) is 12.1. The van der Waals surface area contributed by atoms with Crippen molar-refractivity contribution in [2.24, 2.45) is 0 Å². The van der Waals surface area contributed by atoms with Crippen molar-refractivity contribution in [2.45, 2.75) is 13.8 Å². The molecule has 0 bridgehead atoms. The molecule has 0 saturated carbocycles. The number of hydrogen-bond donors (Lipinski definition) is 2. The van der Waals surface area contributed by atoms with Crippen molar-refractivity contribution in [3.05, 3.63) is 108 Å². The maximum atomic E-state index is 13.7. The third-order valence-corrected chi connectivity index (χ3v) is 6.19. The van der Waals surface area contributed by atoms with E-state index in [0.717, 1.165) is 16.6 Å². The number of nitrogens with one attached hydrogen (secondary N) is 2.